The zero-order valence-electron chi connectivity index (χ0n) is 17.0. The molecule has 1 aliphatic heterocycles. The van der Waals surface area contributed by atoms with Crippen LogP contribution in [0, 0.1) is 5.41 Å². The monoisotopic (exact) mass is 417 g/mol. The van der Waals surface area contributed by atoms with E-state index < -0.39 is 5.41 Å². The van der Waals surface area contributed by atoms with Crippen molar-refractivity contribution in [2.75, 3.05) is 20.0 Å². The van der Waals surface area contributed by atoms with Crippen LogP contribution < -0.4 is 9.47 Å². The molecule has 8 nitrogen and oxygen atoms in total. The predicted molar refractivity (Wildman–Crippen MR) is 108 cm³/mol. The lowest BCUT2D eigenvalue weighted by atomic mass is 9.91. The van der Waals surface area contributed by atoms with Gasteiger partial charge in [-0.25, -0.2) is 0 Å². The molecule has 1 aliphatic rings. The van der Waals surface area contributed by atoms with Crippen LogP contribution in [0.2, 0.25) is 0 Å². The normalized spacial score (nSPS) is 15.8. The average molecular weight is 417 g/mol. The largest absolute Gasteiger partial charge is 0.497 e. The summed E-state index contributed by atoms with van der Waals surface area (Å²) in [5, 5.41) is 4.60. The van der Waals surface area contributed by atoms with Crippen LogP contribution in [0.25, 0.3) is 11.4 Å². The van der Waals surface area contributed by atoms with Crippen LogP contribution in [0.1, 0.15) is 26.7 Å². The van der Waals surface area contributed by atoms with Crippen LogP contribution in [0.5, 0.6) is 11.5 Å². The minimum atomic E-state index is -0.520. The number of aromatic nitrogens is 2. The number of rotatable bonds is 6. The summed E-state index contributed by atoms with van der Waals surface area (Å²) in [5.41, 5.74) is 0.122. The van der Waals surface area contributed by atoms with Gasteiger partial charge in [0.1, 0.15) is 18.0 Å². The maximum atomic E-state index is 12.3. The molecule has 0 atom stereocenters. The fourth-order valence-corrected chi connectivity index (χ4v) is 3.52. The molecule has 154 valence electrons. The maximum Gasteiger partial charge on any atom is 0.247 e. The Hall–Kier alpha value is -2.81. The zero-order chi connectivity index (χ0) is 21.2. The van der Waals surface area contributed by atoms with Gasteiger partial charge < -0.3 is 14.0 Å². The Morgan fingerprint density at radius 3 is 2.72 bits per heavy atom. The molecule has 2 aromatic rings. The number of methoxy groups -OCH3 is 2. The van der Waals surface area contributed by atoms with E-state index in [2.05, 4.69) is 10.1 Å². The first-order valence-corrected chi connectivity index (χ1v) is 9.95. The predicted octanol–water partition coefficient (Wildman–Crippen LogP) is 3.29. The van der Waals surface area contributed by atoms with Gasteiger partial charge in [-0.3, -0.25) is 14.5 Å². The van der Waals surface area contributed by atoms with Crippen LogP contribution in [-0.4, -0.2) is 46.7 Å². The van der Waals surface area contributed by atoms with Crippen molar-refractivity contribution in [3.8, 4) is 22.9 Å². The molecule has 1 saturated heterocycles. The Balaban J connectivity index is 1.83. The molecule has 1 aromatic carbocycles. The average Bonchev–Trinajstić information content (AvgIpc) is 3.29. The second kappa shape index (κ2) is 8.28. The second-order valence-electron chi connectivity index (χ2n) is 7.44. The van der Waals surface area contributed by atoms with E-state index in [0.29, 0.717) is 27.9 Å². The molecule has 2 heterocycles. The van der Waals surface area contributed by atoms with Crippen molar-refractivity contribution in [3.63, 3.8) is 0 Å². The van der Waals surface area contributed by atoms with Crippen LogP contribution in [0.3, 0.4) is 0 Å². The van der Waals surface area contributed by atoms with Gasteiger partial charge in [0.15, 0.2) is 5.78 Å². The van der Waals surface area contributed by atoms with Crippen molar-refractivity contribution in [3.05, 3.63) is 35.2 Å². The van der Waals surface area contributed by atoms with E-state index in [1.807, 2.05) is 20.8 Å². The molecular weight excluding hydrogens is 394 g/mol. The molecule has 29 heavy (non-hydrogen) atoms. The fourth-order valence-electron chi connectivity index (χ4n) is 2.58. The third kappa shape index (κ3) is 4.61. The first-order valence-electron chi connectivity index (χ1n) is 8.97. The van der Waals surface area contributed by atoms with Gasteiger partial charge in [-0.1, -0.05) is 37.7 Å². The van der Waals surface area contributed by atoms with E-state index in [1.54, 1.807) is 32.4 Å². The highest BCUT2D eigenvalue weighted by atomic mass is 32.2. The lowest BCUT2D eigenvalue weighted by Gasteiger charge is -2.17. The Kier molecular flexibility index (Phi) is 5.97. The zero-order valence-corrected chi connectivity index (χ0v) is 17.8. The topological polar surface area (TPSA) is 94.8 Å². The van der Waals surface area contributed by atoms with Gasteiger partial charge in [0, 0.05) is 17.6 Å². The van der Waals surface area contributed by atoms with Crippen molar-refractivity contribution < 1.29 is 23.6 Å². The number of nitrogens with zero attached hydrogens (tertiary/aromatic N) is 3. The fraction of sp³-hybridized carbons (Fsp3) is 0.400. The number of ether oxygens (including phenoxy) is 2. The van der Waals surface area contributed by atoms with Gasteiger partial charge in [-0.2, -0.15) is 4.98 Å². The molecule has 1 amide bonds. The maximum absolute atomic E-state index is 12.3. The van der Waals surface area contributed by atoms with Crippen molar-refractivity contribution in [1.29, 1.82) is 0 Å². The smallest absolute Gasteiger partial charge is 0.247 e. The summed E-state index contributed by atoms with van der Waals surface area (Å²) in [7, 11) is 3.12. The summed E-state index contributed by atoms with van der Waals surface area (Å²) in [6.45, 7) is 5.61. The van der Waals surface area contributed by atoms with Crippen molar-refractivity contribution in [2.45, 2.75) is 27.3 Å². The van der Waals surface area contributed by atoms with Gasteiger partial charge in [-0.15, -0.1) is 0 Å². The third-order valence-electron chi connectivity index (χ3n) is 4.32. The summed E-state index contributed by atoms with van der Waals surface area (Å²) in [6, 6.07) is 5.27. The number of amides is 1. The van der Waals surface area contributed by atoms with Crippen LogP contribution in [0.15, 0.2) is 33.8 Å². The Bertz CT molecular complexity index is 961. The Morgan fingerprint density at radius 2 is 2.07 bits per heavy atom. The highest BCUT2D eigenvalue weighted by Gasteiger charge is 2.31. The van der Waals surface area contributed by atoms with E-state index in [1.165, 1.54) is 22.7 Å². The number of allylic oxidation sites excluding steroid dienone is 1. The molecule has 1 fully saturated rings. The van der Waals surface area contributed by atoms with E-state index in [9.17, 15) is 9.59 Å². The molecule has 3 rings (SSSR count). The van der Waals surface area contributed by atoms with Gasteiger partial charge >= 0.3 is 0 Å². The molecule has 0 N–H and O–H groups in total. The van der Waals surface area contributed by atoms with Crippen LogP contribution in [-0.2, 0) is 16.1 Å². The molecule has 0 saturated carbocycles. The minimum Gasteiger partial charge on any atom is -0.497 e. The molecule has 0 radical (unpaired) electrons. The van der Waals surface area contributed by atoms with Crippen LogP contribution in [0.4, 0.5) is 0 Å². The van der Waals surface area contributed by atoms with E-state index in [-0.39, 0.29) is 29.9 Å². The number of carbonyl (C=O) groups excluding carboxylic acids is 2. The molecule has 0 unspecified atom stereocenters. The second-order valence-corrected chi connectivity index (χ2v) is 8.44. The molecule has 9 heteroatoms. The summed E-state index contributed by atoms with van der Waals surface area (Å²) < 4.78 is 15.9. The molecule has 1 aromatic heterocycles. The van der Waals surface area contributed by atoms with Crippen molar-refractivity contribution in [1.82, 2.24) is 15.0 Å². The minimum absolute atomic E-state index is 0.0473. The lowest BCUT2D eigenvalue weighted by Crippen LogP contribution is -2.26. The number of hydrogen-bond donors (Lipinski definition) is 0. The first-order chi connectivity index (χ1) is 13.7. The van der Waals surface area contributed by atoms with Crippen molar-refractivity contribution >= 4 is 23.5 Å². The van der Waals surface area contributed by atoms with E-state index in [4.69, 9.17) is 14.0 Å². The van der Waals surface area contributed by atoms with Gasteiger partial charge in [0.05, 0.1) is 30.6 Å². The third-order valence-corrected chi connectivity index (χ3v) is 5.34. The Morgan fingerprint density at radius 1 is 1.31 bits per heavy atom. The lowest BCUT2D eigenvalue weighted by molar-refractivity contribution is -0.126. The summed E-state index contributed by atoms with van der Waals surface area (Å²) in [6.07, 6.45) is 1.51. The number of benzene rings is 1. The van der Waals surface area contributed by atoms with E-state index >= 15 is 0 Å². The first kappa shape index (κ1) is 20.9. The van der Waals surface area contributed by atoms with Gasteiger partial charge in [0.25, 0.3) is 0 Å². The van der Waals surface area contributed by atoms with Crippen molar-refractivity contribution in [2.24, 2.45) is 5.41 Å². The number of thioether (sulfide) groups is 1. The highest BCUT2D eigenvalue weighted by molar-refractivity contribution is 8.04. The molecule has 0 spiro atoms. The quantitative estimate of drug-likeness (QED) is 0.661. The molecular formula is C20H23N3O5S. The number of hydrogen-bond acceptors (Lipinski definition) is 8. The standard InChI is InChI=1S/C20H23N3O5S/c1-20(2,3)15(24)9-18-23(17(25)11-29-18)10-16-21-19(22-28-16)13-7-6-12(26-4)8-14(13)27-5/h6-9H,10-11H2,1-5H3/b18-9-. The van der Waals surface area contributed by atoms with Gasteiger partial charge in [0.2, 0.25) is 17.6 Å². The van der Waals surface area contributed by atoms with E-state index in [0.717, 1.165) is 0 Å². The highest BCUT2D eigenvalue weighted by Crippen LogP contribution is 2.34. The number of ketones is 1. The summed E-state index contributed by atoms with van der Waals surface area (Å²) in [4.78, 5) is 30.5. The molecule has 0 bridgehead atoms. The SMILES string of the molecule is COc1ccc(-c2noc(CN3C(=O)CS/C3=C\C(=O)C(C)(C)C)n2)c(OC)c1. The van der Waals surface area contributed by atoms with Gasteiger partial charge in [-0.05, 0) is 12.1 Å². The molecule has 0 aliphatic carbocycles. The summed E-state index contributed by atoms with van der Waals surface area (Å²) >= 11 is 1.33. The number of carbonyl (C=O) groups is 2. The van der Waals surface area contributed by atoms with Crippen LogP contribution >= 0.6 is 11.8 Å². The summed E-state index contributed by atoms with van der Waals surface area (Å²) in [5.74, 6) is 1.92. The Labute approximate surface area is 173 Å².